The zero-order valence-electron chi connectivity index (χ0n) is 19.8. The molecular formula is C27H35NO3S. The first kappa shape index (κ1) is 24.2. The van der Waals surface area contributed by atoms with Gasteiger partial charge >= 0.3 is 0 Å². The number of nitrogens with zero attached hydrogens (tertiary/aromatic N) is 1. The van der Waals surface area contributed by atoms with E-state index < -0.39 is 9.84 Å². The lowest BCUT2D eigenvalue weighted by molar-refractivity contribution is -0.128. The Morgan fingerprint density at radius 1 is 1.06 bits per heavy atom. The summed E-state index contributed by atoms with van der Waals surface area (Å²) in [7, 11) is -3.09. The Morgan fingerprint density at radius 3 is 2.19 bits per heavy atom. The molecule has 5 heteroatoms. The van der Waals surface area contributed by atoms with Crippen LogP contribution < -0.4 is 0 Å². The van der Waals surface area contributed by atoms with Crippen molar-refractivity contribution in [2.75, 3.05) is 11.5 Å². The van der Waals surface area contributed by atoms with Gasteiger partial charge in [-0.15, -0.1) is 0 Å². The van der Waals surface area contributed by atoms with Gasteiger partial charge in [0, 0.05) is 18.7 Å². The third-order valence-corrected chi connectivity index (χ3v) is 7.88. The van der Waals surface area contributed by atoms with Crippen molar-refractivity contribution in [3.8, 4) is 0 Å². The molecule has 1 saturated heterocycles. The second kappa shape index (κ2) is 9.62. The first-order valence-corrected chi connectivity index (χ1v) is 13.2. The number of benzene rings is 2. The summed E-state index contributed by atoms with van der Waals surface area (Å²) in [5.74, 6) is 0.470. The molecule has 1 aliphatic heterocycles. The molecule has 172 valence electrons. The maximum absolute atomic E-state index is 13.2. The standard InChI is InChI=1S/C27H35NO3S/c1-20(2)23-11-6-22(7-12-23)18-28(25-16-17-32(30,31)19-25)26(29)15-10-21-8-13-24(14-9-21)27(3,4)5/h6-15,20,25H,16-19H2,1-5H3/b15-10+. The highest BCUT2D eigenvalue weighted by Gasteiger charge is 2.34. The van der Waals surface area contributed by atoms with Crippen LogP contribution in [0.3, 0.4) is 0 Å². The quantitative estimate of drug-likeness (QED) is 0.555. The Bertz CT molecular complexity index is 1060. The molecule has 1 fully saturated rings. The van der Waals surface area contributed by atoms with Crippen LogP contribution in [0.5, 0.6) is 0 Å². The van der Waals surface area contributed by atoms with Crippen molar-refractivity contribution in [2.24, 2.45) is 0 Å². The zero-order chi connectivity index (χ0) is 23.5. The number of sulfone groups is 1. The Morgan fingerprint density at radius 2 is 1.69 bits per heavy atom. The van der Waals surface area contributed by atoms with E-state index in [0.717, 1.165) is 11.1 Å². The van der Waals surface area contributed by atoms with Crippen molar-refractivity contribution in [3.05, 3.63) is 76.9 Å². The van der Waals surface area contributed by atoms with Crippen LogP contribution in [0.4, 0.5) is 0 Å². The molecule has 0 aromatic heterocycles. The van der Waals surface area contributed by atoms with Gasteiger partial charge in [-0.1, -0.05) is 83.1 Å². The molecule has 0 spiro atoms. The molecular weight excluding hydrogens is 418 g/mol. The predicted octanol–water partition coefficient (Wildman–Crippen LogP) is 5.34. The molecule has 0 saturated carbocycles. The van der Waals surface area contributed by atoms with Gasteiger partial charge in [0.1, 0.15) is 0 Å². The van der Waals surface area contributed by atoms with Gasteiger partial charge in [0.25, 0.3) is 0 Å². The van der Waals surface area contributed by atoms with Crippen LogP contribution in [0.2, 0.25) is 0 Å². The summed E-state index contributed by atoms with van der Waals surface area (Å²) < 4.78 is 24.2. The fourth-order valence-electron chi connectivity index (χ4n) is 3.97. The van der Waals surface area contributed by atoms with E-state index in [-0.39, 0.29) is 28.9 Å². The van der Waals surface area contributed by atoms with E-state index in [1.807, 2.05) is 30.3 Å². The topological polar surface area (TPSA) is 54.5 Å². The molecule has 1 amide bonds. The number of carbonyl (C=O) groups is 1. The van der Waals surface area contributed by atoms with E-state index in [0.29, 0.717) is 18.9 Å². The fourth-order valence-corrected chi connectivity index (χ4v) is 5.70. The lowest BCUT2D eigenvalue weighted by Gasteiger charge is -2.27. The van der Waals surface area contributed by atoms with Crippen LogP contribution in [0.1, 0.15) is 69.2 Å². The summed E-state index contributed by atoms with van der Waals surface area (Å²) in [6.07, 6.45) is 3.87. The number of amides is 1. The molecule has 4 nitrogen and oxygen atoms in total. The summed E-state index contributed by atoms with van der Waals surface area (Å²) in [4.78, 5) is 14.9. The third-order valence-electron chi connectivity index (χ3n) is 6.13. The van der Waals surface area contributed by atoms with E-state index in [1.165, 1.54) is 11.1 Å². The van der Waals surface area contributed by atoms with Crippen LogP contribution in [-0.4, -0.2) is 36.8 Å². The van der Waals surface area contributed by atoms with Gasteiger partial charge in [0.15, 0.2) is 9.84 Å². The molecule has 1 unspecified atom stereocenters. The largest absolute Gasteiger partial charge is 0.331 e. The maximum Gasteiger partial charge on any atom is 0.247 e. The molecule has 1 heterocycles. The normalized spacial score (nSPS) is 18.4. The van der Waals surface area contributed by atoms with E-state index >= 15 is 0 Å². The molecule has 0 N–H and O–H groups in total. The van der Waals surface area contributed by atoms with Crippen molar-refractivity contribution in [3.63, 3.8) is 0 Å². The smallest absolute Gasteiger partial charge is 0.247 e. The van der Waals surface area contributed by atoms with Crippen LogP contribution >= 0.6 is 0 Å². The monoisotopic (exact) mass is 453 g/mol. The van der Waals surface area contributed by atoms with Crippen molar-refractivity contribution in [2.45, 2.75) is 65.0 Å². The fraction of sp³-hybridized carbons (Fsp3) is 0.444. The van der Waals surface area contributed by atoms with Crippen molar-refractivity contribution < 1.29 is 13.2 Å². The van der Waals surface area contributed by atoms with Gasteiger partial charge in [-0.05, 0) is 46.1 Å². The SMILES string of the molecule is CC(C)c1ccc(CN(C(=O)/C=C/c2ccc(C(C)(C)C)cc2)C2CCS(=O)(=O)C2)cc1. The summed E-state index contributed by atoms with van der Waals surface area (Å²) in [5, 5.41) is 0. The van der Waals surface area contributed by atoms with Crippen molar-refractivity contribution in [1.82, 2.24) is 4.90 Å². The number of rotatable bonds is 6. The molecule has 0 aliphatic carbocycles. The highest BCUT2D eigenvalue weighted by Crippen LogP contribution is 2.24. The average Bonchev–Trinajstić information content (AvgIpc) is 3.09. The Hall–Kier alpha value is -2.40. The van der Waals surface area contributed by atoms with E-state index in [4.69, 9.17) is 0 Å². The highest BCUT2D eigenvalue weighted by molar-refractivity contribution is 7.91. The minimum Gasteiger partial charge on any atom is -0.331 e. The van der Waals surface area contributed by atoms with Gasteiger partial charge in [-0.2, -0.15) is 0 Å². The number of carbonyl (C=O) groups excluding carboxylic acids is 1. The lowest BCUT2D eigenvalue weighted by atomic mass is 9.87. The van der Waals surface area contributed by atoms with Gasteiger partial charge in [0.2, 0.25) is 5.91 Å². The Balaban J connectivity index is 1.79. The summed E-state index contributed by atoms with van der Waals surface area (Å²) >= 11 is 0. The minimum absolute atomic E-state index is 0.0386. The summed E-state index contributed by atoms with van der Waals surface area (Å²) in [6.45, 7) is 11.2. The third kappa shape index (κ3) is 6.32. The number of hydrogen-bond donors (Lipinski definition) is 0. The Labute approximate surface area is 193 Å². The molecule has 2 aromatic rings. The zero-order valence-corrected chi connectivity index (χ0v) is 20.7. The molecule has 1 aliphatic rings. The van der Waals surface area contributed by atoms with Crippen LogP contribution in [0.25, 0.3) is 6.08 Å². The Kier molecular flexibility index (Phi) is 7.29. The summed E-state index contributed by atoms with van der Waals surface area (Å²) in [5.41, 5.74) is 4.52. The average molecular weight is 454 g/mol. The first-order valence-electron chi connectivity index (χ1n) is 11.3. The van der Waals surface area contributed by atoms with Crippen LogP contribution in [0, 0.1) is 0 Å². The lowest BCUT2D eigenvalue weighted by Crippen LogP contribution is -2.39. The first-order chi connectivity index (χ1) is 14.9. The molecule has 0 bridgehead atoms. The van der Waals surface area contributed by atoms with E-state index in [1.54, 1.807) is 11.0 Å². The van der Waals surface area contributed by atoms with Gasteiger partial charge < -0.3 is 4.90 Å². The molecule has 0 radical (unpaired) electrons. The van der Waals surface area contributed by atoms with Crippen LogP contribution in [0.15, 0.2) is 54.6 Å². The molecule has 32 heavy (non-hydrogen) atoms. The molecule has 1 atom stereocenters. The minimum atomic E-state index is -3.09. The van der Waals surface area contributed by atoms with Gasteiger partial charge in [0.05, 0.1) is 11.5 Å². The van der Waals surface area contributed by atoms with Gasteiger partial charge in [-0.25, -0.2) is 8.42 Å². The maximum atomic E-state index is 13.2. The van der Waals surface area contributed by atoms with Crippen molar-refractivity contribution >= 4 is 21.8 Å². The van der Waals surface area contributed by atoms with E-state index in [2.05, 4.69) is 58.9 Å². The predicted molar refractivity (Wildman–Crippen MR) is 132 cm³/mol. The second-order valence-corrected chi connectivity index (χ2v) is 12.4. The van der Waals surface area contributed by atoms with Crippen LogP contribution in [-0.2, 0) is 26.6 Å². The molecule has 2 aromatic carbocycles. The second-order valence-electron chi connectivity index (χ2n) is 10.1. The number of hydrogen-bond acceptors (Lipinski definition) is 3. The van der Waals surface area contributed by atoms with Crippen molar-refractivity contribution in [1.29, 1.82) is 0 Å². The van der Waals surface area contributed by atoms with Gasteiger partial charge in [-0.3, -0.25) is 4.79 Å². The van der Waals surface area contributed by atoms with E-state index in [9.17, 15) is 13.2 Å². The molecule has 3 rings (SSSR count). The summed E-state index contributed by atoms with van der Waals surface area (Å²) in [6, 6.07) is 16.1. The highest BCUT2D eigenvalue weighted by atomic mass is 32.2.